The highest BCUT2D eigenvalue weighted by atomic mass is 19.1. The van der Waals surface area contributed by atoms with E-state index in [-0.39, 0.29) is 5.82 Å². The predicted octanol–water partition coefficient (Wildman–Crippen LogP) is 1.85. The molecule has 9 heteroatoms. The highest BCUT2D eigenvalue weighted by Crippen LogP contribution is 2.22. The zero-order valence-corrected chi connectivity index (χ0v) is 10.8. The number of fused-ring (bicyclic) bond motifs is 3. The second kappa shape index (κ2) is 4.20. The monoisotopic (exact) mass is 285 g/mol. The average Bonchev–Trinajstić information content (AvgIpc) is 3.08. The second-order valence-corrected chi connectivity index (χ2v) is 4.41. The Hall–Kier alpha value is -3.10. The number of rotatable bonds is 2. The first-order valence-electron chi connectivity index (χ1n) is 6.09. The van der Waals surface area contributed by atoms with Gasteiger partial charge in [0.15, 0.2) is 5.82 Å². The van der Waals surface area contributed by atoms with Crippen LogP contribution in [0.3, 0.4) is 0 Å². The highest BCUT2D eigenvalue weighted by molar-refractivity contribution is 5.79. The van der Waals surface area contributed by atoms with Crippen molar-refractivity contribution in [3.63, 3.8) is 0 Å². The van der Waals surface area contributed by atoms with Gasteiger partial charge in [0, 0.05) is 5.69 Å². The lowest BCUT2D eigenvalue weighted by Gasteiger charge is -2.06. The molecule has 4 aromatic rings. The molecule has 0 aliphatic heterocycles. The van der Waals surface area contributed by atoms with Crippen LogP contribution in [-0.4, -0.2) is 29.9 Å². The Balaban J connectivity index is 1.92. The van der Waals surface area contributed by atoms with E-state index in [4.69, 9.17) is 4.63 Å². The van der Waals surface area contributed by atoms with E-state index in [1.165, 1.54) is 12.1 Å². The number of anilines is 2. The Morgan fingerprint density at radius 3 is 2.71 bits per heavy atom. The molecule has 3 heterocycles. The maximum Gasteiger partial charge on any atom is 0.244 e. The van der Waals surface area contributed by atoms with Crippen LogP contribution in [0.1, 0.15) is 5.82 Å². The summed E-state index contributed by atoms with van der Waals surface area (Å²) in [6.45, 7) is 1.79. The van der Waals surface area contributed by atoms with Crippen molar-refractivity contribution in [2.24, 2.45) is 0 Å². The van der Waals surface area contributed by atoms with Gasteiger partial charge < -0.3 is 5.32 Å². The van der Waals surface area contributed by atoms with Crippen LogP contribution in [0.4, 0.5) is 15.9 Å². The molecule has 0 aliphatic rings. The fraction of sp³-hybridized carbons (Fsp3) is 0.0833. The summed E-state index contributed by atoms with van der Waals surface area (Å²) in [7, 11) is 0. The summed E-state index contributed by atoms with van der Waals surface area (Å²) in [6.07, 6.45) is 0. The van der Waals surface area contributed by atoms with Gasteiger partial charge in [-0.25, -0.2) is 14.0 Å². The Morgan fingerprint density at radius 2 is 1.90 bits per heavy atom. The van der Waals surface area contributed by atoms with E-state index in [2.05, 4.69) is 30.8 Å². The van der Waals surface area contributed by atoms with E-state index >= 15 is 0 Å². The van der Waals surface area contributed by atoms with Crippen molar-refractivity contribution in [1.82, 2.24) is 29.9 Å². The molecule has 0 spiro atoms. The van der Waals surface area contributed by atoms with Gasteiger partial charge in [0.25, 0.3) is 0 Å². The molecule has 0 saturated carbocycles. The molecule has 3 aromatic heterocycles. The summed E-state index contributed by atoms with van der Waals surface area (Å²) in [5.41, 5.74) is 1.93. The maximum atomic E-state index is 12.9. The first-order valence-corrected chi connectivity index (χ1v) is 6.09. The summed E-state index contributed by atoms with van der Waals surface area (Å²) in [5.74, 6) is 0.758. The Morgan fingerprint density at radius 1 is 1.10 bits per heavy atom. The Bertz CT molecular complexity index is 943. The minimum atomic E-state index is -0.312. The number of nitrogens with one attached hydrogen (secondary N) is 1. The van der Waals surface area contributed by atoms with Gasteiger partial charge in [-0.2, -0.15) is 0 Å². The van der Waals surface area contributed by atoms with Crippen LogP contribution >= 0.6 is 0 Å². The van der Waals surface area contributed by atoms with Crippen molar-refractivity contribution < 1.29 is 9.02 Å². The Kier molecular flexibility index (Phi) is 2.34. The van der Waals surface area contributed by atoms with E-state index < -0.39 is 0 Å². The van der Waals surface area contributed by atoms with Crippen LogP contribution in [0, 0.1) is 12.7 Å². The van der Waals surface area contributed by atoms with Gasteiger partial charge in [-0.1, -0.05) is 0 Å². The molecule has 21 heavy (non-hydrogen) atoms. The van der Waals surface area contributed by atoms with Crippen LogP contribution < -0.4 is 5.32 Å². The summed E-state index contributed by atoms with van der Waals surface area (Å²) < 4.78 is 19.3. The topological polar surface area (TPSA) is 94.0 Å². The zero-order chi connectivity index (χ0) is 14.4. The van der Waals surface area contributed by atoms with E-state index in [1.54, 1.807) is 23.5 Å². The zero-order valence-electron chi connectivity index (χ0n) is 10.8. The molecule has 1 aromatic carbocycles. The smallest absolute Gasteiger partial charge is 0.244 e. The van der Waals surface area contributed by atoms with Crippen LogP contribution in [0.5, 0.6) is 0 Å². The fourth-order valence-electron chi connectivity index (χ4n) is 2.07. The lowest BCUT2D eigenvalue weighted by molar-refractivity contribution is 0.313. The highest BCUT2D eigenvalue weighted by Gasteiger charge is 2.16. The summed E-state index contributed by atoms with van der Waals surface area (Å²) in [5, 5.41) is 18.7. The van der Waals surface area contributed by atoms with E-state index in [9.17, 15) is 4.39 Å². The van der Waals surface area contributed by atoms with Crippen molar-refractivity contribution in [3.05, 3.63) is 35.9 Å². The largest absolute Gasteiger partial charge is 0.337 e. The molecule has 8 nitrogen and oxygen atoms in total. The second-order valence-electron chi connectivity index (χ2n) is 4.41. The minimum absolute atomic E-state index is 0.312. The number of aryl methyl sites for hydroxylation is 1. The number of halogens is 1. The van der Waals surface area contributed by atoms with Gasteiger partial charge in [0.05, 0.1) is 0 Å². The molecule has 0 saturated heterocycles. The van der Waals surface area contributed by atoms with Crippen molar-refractivity contribution in [1.29, 1.82) is 0 Å². The molecule has 0 radical (unpaired) electrons. The van der Waals surface area contributed by atoms with Gasteiger partial charge in [-0.05, 0) is 41.5 Å². The van der Waals surface area contributed by atoms with Gasteiger partial charge in [0.2, 0.25) is 16.9 Å². The van der Waals surface area contributed by atoms with Gasteiger partial charge in [-0.3, -0.25) is 4.40 Å². The van der Waals surface area contributed by atoms with Crippen LogP contribution in [0.15, 0.2) is 28.9 Å². The third kappa shape index (κ3) is 1.78. The first kappa shape index (κ1) is 11.7. The van der Waals surface area contributed by atoms with Crippen LogP contribution in [-0.2, 0) is 0 Å². The molecule has 0 unspecified atom stereocenters. The minimum Gasteiger partial charge on any atom is -0.337 e. The van der Waals surface area contributed by atoms with Crippen molar-refractivity contribution in [2.45, 2.75) is 6.92 Å². The van der Waals surface area contributed by atoms with Gasteiger partial charge in [0.1, 0.15) is 11.6 Å². The summed E-state index contributed by atoms with van der Waals surface area (Å²) in [6, 6.07) is 5.90. The molecule has 0 amide bonds. The molecular formula is C12H8FN7O. The number of nitrogens with zero attached hydrogens (tertiary/aromatic N) is 6. The third-order valence-corrected chi connectivity index (χ3v) is 3.03. The number of aromatic nitrogens is 6. The molecule has 0 aliphatic carbocycles. The first-order chi connectivity index (χ1) is 10.2. The van der Waals surface area contributed by atoms with E-state index in [0.717, 1.165) is 0 Å². The summed E-state index contributed by atoms with van der Waals surface area (Å²) in [4.78, 5) is 4.30. The van der Waals surface area contributed by atoms with Crippen LogP contribution in [0.2, 0.25) is 0 Å². The molecule has 104 valence electrons. The van der Waals surface area contributed by atoms with E-state index in [1.807, 2.05) is 0 Å². The molecule has 0 bridgehead atoms. The van der Waals surface area contributed by atoms with Gasteiger partial charge >= 0.3 is 0 Å². The summed E-state index contributed by atoms with van der Waals surface area (Å²) >= 11 is 0. The maximum absolute atomic E-state index is 12.9. The molecule has 4 rings (SSSR count). The predicted molar refractivity (Wildman–Crippen MR) is 70.6 cm³/mol. The molecule has 0 fully saturated rings. The lowest BCUT2D eigenvalue weighted by atomic mass is 10.3. The number of hydrogen-bond acceptors (Lipinski definition) is 7. The van der Waals surface area contributed by atoms with Crippen molar-refractivity contribution in [2.75, 3.05) is 5.32 Å². The van der Waals surface area contributed by atoms with Gasteiger partial charge in [-0.15, -0.1) is 10.2 Å². The normalized spacial score (nSPS) is 11.3. The van der Waals surface area contributed by atoms with Crippen molar-refractivity contribution in [3.8, 4) is 0 Å². The fourth-order valence-corrected chi connectivity index (χ4v) is 2.07. The average molecular weight is 285 g/mol. The standard InChI is InChI=1S/C12H8FN7O/c1-6-16-17-11-9(14-8-4-2-7(13)3-5-8)15-10-12(20(6)11)19-21-18-10/h2-5H,1H3,(H,14,15,18). The Labute approximate surface area is 116 Å². The number of hydrogen-bond donors (Lipinski definition) is 1. The quantitative estimate of drug-likeness (QED) is 0.600. The molecular weight excluding hydrogens is 277 g/mol. The SMILES string of the molecule is Cc1nnc2c(Nc3ccc(F)cc3)nc3nonc3n12. The molecule has 1 N–H and O–H groups in total. The van der Waals surface area contributed by atoms with Crippen molar-refractivity contribution >= 4 is 28.4 Å². The van der Waals surface area contributed by atoms with E-state index in [0.29, 0.717) is 34.3 Å². The molecule has 0 atom stereocenters. The third-order valence-electron chi connectivity index (χ3n) is 3.03. The van der Waals surface area contributed by atoms with Crippen LogP contribution in [0.25, 0.3) is 16.9 Å². The number of benzene rings is 1. The lowest BCUT2D eigenvalue weighted by Crippen LogP contribution is -2.01.